The average molecular weight is 1030 g/mol. The number of nitrogens with one attached hydrogen (secondary N) is 2. The Morgan fingerprint density at radius 1 is 0.315 bits per heavy atom. The average Bonchev–Trinajstić information content (AvgIpc) is 3.39. The van der Waals surface area contributed by atoms with Gasteiger partial charge < -0.3 is 25.3 Å². The first kappa shape index (κ1) is 68.6. The number of amides is 2. The summed E-state index contributed by atoms with van der Waals surface area (Å²) in [5.41, 5.74) is 0.00354. The second-order valence-electron chi connectivity index (χ2n) is 22.5. The summed E-state index contributed by atoms with van der Waals surface area (Å²) < 4.78 is 0. The van der Waals surface area contributed by atoms with Crippen LogP contribution in [0, 0.1) is 0 Å². The lowest BCUT2D eigenvalue weighted by molar-refractivity contribution is -0.132. The number of unbranched alkanes of at least 4 members (excludes halogenated alkanes) is 36. The van der Waals surface area contributed by atoms with E-state index in [9.17, 15) is 19.2 Å². The first-order chi connectivity index (χ1) is 35.8. The Labute approximate surface area is 452 Å². The standard InChI is InChI=1S/C64H123N5O4/c1-6-10-14-18-22-26-36-44-55-68(56-45-37-27-23-19-15-11-7-2)59(70)49-40-32-30-34-42-52-67(54-48-51-66-62-61(65-5)63(72)64(62)73)53-43-35-31-33-41-50-60(71)69(57-46-38-28-24-20-16-12-8-3)58-47-39-29-25-21-17-13-9-4/h65-66H,6-58H2,1-5H3. The molecule has 0 spiro atoms. The van der Waals surface area contributed by atoms with Gasteiger partial charge in [-0.05, 0) is 77.4 Å². The van der Waals surface area contributed by atoms with Crippen LogP contribution in [0.25, 0.3) is 0 Å². The molecule has 2 N–H and O–H groups in total. The number of anilines is 2. The molecule has 0 fully saturated rings. The van der Waals surface area contributed by atoms with Crippen LogP contribution < -0.4 is 21.5 Å². The molecule has 1 aromatic rings. The summed E-state index contributed by atoms with van der Waals surface area (Å²) in [5.74, 6) is 0.765. The van der Waals surface area contributed by atoms with E-state index in [2.05, 4.69) is 53.0 Å². The Morgan fingerprint density at radius 3 is 0.863 bits per heavy atom. The third kappa shape index (κ3) is 38.7. The summed E-state index contributed by atoms with van der Waals surface area (Å²) in [4.78, 5) is 58.1. The molecule has 0 atom stereocenters. The van der Waals surface area contributed by atoms with Crippen LogP contribution in [0.1, 0.15) is 317 Å². The largest absolute Gasteiger partial charge is 0.383 e. The quantitative estimate of drug-likeness (QED) is 0.0495. The van der Waals surface area contributed by atoms with Gasteiger partial charge in [-0.15, -0.1) is 0 Å². The fraction of sp³-hybridized carbons (Fsp3) is 0.906. The molecule has 0 aromatic heterocycles. The van der Waals surface area contributed by atoms with Gasteiger partial charge in [-0.25, -0.2) is 0 Å². The van der Waals surface area contributed by atoms with E-state index in [1.807, 2.05) is 0 Å². The number of hydrogen-bond acceptors (Lipinski definition) is 7. The fourth-order valence-corrected chi connectivity index (χ4v) is 10.7. The monoisotopic (exact) mass is 1030 g/mol. The summed E-state index contributed by atoms with van der Waals surface area (Å²) >= 11 is 0. The molecule has 0 saturated carbocycles. The van der Waals surface area contributed by atoms with Crippen molar-refractivity contribution in [2.24, 2.45) is 0 Å². The van der Waals surface area contributed by atoms with E-state index < -0.39 is 10.9 Å². The van der Waals surface area contributed by atoms with Crippen molar-refractivity contribution in [3.05, 3.63) is 20.4 Å². The van der Waals surface area contributed by atoms with Crippen molar-refractivity contribution in [3.8, 4) is 0 Å². The third-order valence-electron chi connectivity index (χ3n) is 15.7. The molecular weight excluding hydrogens is 903 g/mol. The van der Waals surface area contributed by atoms with Crippen molar-refractivity contribution in [1.29, 1.82) is 0 Å². The lowest BCUT2D eigenvalue weighted by atomic mass is 10.1. The number of nitrogens with zero attached hydrogens (tertiary/aromatic N) is 3. The van der Waals surface area contributed by atoms with Gasteiger partial charge in [-0.2, -0.15) is 0 Å². The molecule has 428 valence electrons. The number of carbonyl (C=O) groups excluding carboxylic acids is 2. The van der Waals surface area contributed by atoms with Gasteiger partial charge in [0.1, 0.15) is 11.4 Å². The first-order valence-corrected chi connectivity index (χ1v) is 32.4. The molecule has 2 amide bonds. The maximum atomic E-state index is 13.5. The van der Waals surface area contributed by atoms with Crippen LogP contribution in [0.4, 0.5) is 11.4 Å². The Morgan fingerprint density at radius 2 is 0.562 bits per heavy atom. The highest BCUT2D eigenvalue weighted by Gasteiger charge is 2.19. The molecule has 0 radical (unpaired) electrons. The molecule has 9 nitrogen and oxygen atoms in total. The van der Waals surface area contributed by atoms with Crippen LogP contribution in [0.3, 0.4) is 0 Å². The van der Waals surface area contributed by atoms with Gasteiger partial charge in [0.05, 0.1) is 0 Å². The third-order valence-corrected chi connectivity index (χ3v) is 15.7. The van der Waals surface area contributed by atoms with E-state index in [0.29, 0.717) is 42.6 Å². The molecule has 0 aliphatic rings. The molecule has 1 rings (SSSR count). The van der Waals surface area contributed by atoms with Gasteiger partial charge in [-0.1, -0.05) is 246 Å². The van der Waals surface area contributed by atoms with E-state index in [4.69, 9.17) is 0 Å². The van der Waals surface area contributed by atoms with Crippen molar-refractivity contribution in [1.82, 2.24) is 14.7 Å². The van der Waals surface area contributed by atoms with Gasteiger partial charge in [0.2, 0.25) is 11.8 Å². The predicted octanol–water partition coefficient (Wildman–Crippen LogP) is 17.3. The van der Waals surface area contributed by atoms with Crippen LogP contribution in [-0.4, -0.2) is 85.9 Å². The van der Waals surface area contributed by atoms with Crippen LogP contribution in [0.2, 0.25) is 0 Å². The molecule has 0 saturated heterocycles. The van der Waals surface area contributed by atoms with E-state index in [1.54, 1.807) is 7.05 Å². The van der Waals surface area contributed by atoms with E-state index in [-0.39, 0.29) is 0 Å². The van der Waals surface area contributed by atoms with Crippen molar-refractivity contribution in [2.45, 2.75) is 317 Å². The summed E-state index contributed by atoms with van der Waals surface area (Å²) in [6.07, 6.45) is 55.2. The van der Waals surface area contributed by atoms with Gasteiger partial charge in [0.15, 0.2) is 0 Å². The summed E-state index contributed by atoms with van der Waals surface area (Å²) in [6, 6.07) is 0. The predicted molar refractivity (Wildman–Crippen MR) is 319 cm³/mol. The normalized spacial score (nSPS) is 11.6. The Hall–Kier alpha value is -2.42. The lowest BCUT2D eigenvalue weighted by Gasteiger charge is -2.23. The SMILES string of the molecule is CCCCCCCCCCN(CCCCCCCCCC)C(=O)CCCCCCCN(CCCCCCCC(=O)N(CCCCCCCCCC)CCCCCCCCCC)CCCNc1c(NC)c(=O)c1=O. The number of rotatable bonds is 58. The van der Waals surface area contributed by atoms with E-state index in [1.165, 1.54) is 205 Å². The molecule has 0 aliphatic heterocycles. The molecule has 0 aliphatic carbocycles. The summed E-state index contributed by atoms with van der Waals surface area (Å²) in [5, 5.41) is 6.10. The van der Waals surface area contributed by atoms with Gasteiger partial charge >= 0.3 is 0 Å². The highest BCUT2D eigenvalue weighted by molar-refractivity contribution is 5.76. The molecule has 73 heavy (non-hydrogen) atoms. The van der Waals surface area contributed by atoms with Crippen molar-refractivity contribution in [2.75, 3.05) is 70.0 Å². The maximum absolute atomic E-state index is 13.5. The topological polar surface area (TPSA) is 102 Å². The summed E-state index contributed by atoms with van der Waals surface area (Å²) in [7, 11) is 1.69. The fourth-order valence-electron chi connectivity index (χ4n) is 10.7. The maximum Gasteiger partial charge on any atom is 0.253 e. The zero-order valence-electron chi connectivity index (χ0n) is 49.5. The molecule has 0 heterocycles. The molecule has 0 unspecified atom stereocenters. The molecule has 1 aromatic carbocycles. The second kappa shape index (κ2) is 51.7. The van der Waals surface area contributed by atoms with Crippen LogP contribution >= 0.6 is 0 Å². The van der Waals surface area contributed by atoms with E-state index in [0.717, 1.165) is 116 Å². The Bertz CT molecular complexity index is 1330. The highest BCUT2D eigenvalue weighted by Crippen LogP contribution is 2.18. The lowest BCUT2D eigenvalue weighted by Crippen LogP contribution is -2.37. The Balaban J connectivity index is 2.57. The molecule has 9 heteroatoms. The Kier molecular flexibility index (Phi) is 48.6. The van der Waals surface area contributed by atoms with Gasteiger partial charge in [0, 0.05) is 52.6 Å². The first-order valence-electron chi connectivity index (χ1n) is 32.4. The van der Waals surface area contributed by atoms with E-state index >= 15 is 0 Å². The van der Waals surface area contributed by atoms with Crippen LogP contribution in [0.15, 0.2) is 9.59 Å². The van der Waals surface area contributed by atoms with Crippen molar-refractivity contribution in [3.63, 3.8) is 0 Å². The zero-order chi connectivity index (χ0) is 53.1. The number of hydrogen-bond donors (Lipinski definition) is 2. The summed E-state index contributed by atoms with van der Waals surface area (Å²) in [6.45, 7) is 16.6. The second-order valence-corrected chi connectivity index (χ2v) is 22.5. The van der Waals surface area contributed by atoms with Crippen LogP contribution in [-0.2, 0) is 9.59 Å². The minimum absolute atomic E-state index is 0.382. The molecular formula is C64H123N5O4. The van der Waals surface area contributed by atoms with Gasteiger partial charge in [0.25, 0.3) is 10.9 Å². The van der Waals surface area contributed by atoms with Crippen LogP contribution in [0.5, 0.6) is 0 Å². The number of carbonyl (C=O) groups is 2. The van der Waals surface area contributed by atoms with Crippen molar-refractivity contribution >= 4 is 23.2 Å². The van der Waals surface area contributed by atoms with Crippen molar-refractivity contribution < 1.29 is 9.59 Å². The molecule has 0 bridgehead atoms. The zero-order valence-corrected chi connectivity index (χ0v) is 49.5. The highest BCUT2D eigenvalue weighted by atomic mass is 16.2. The minimum Gasteiger partial charge on any atom is -0.383 e. The van der Waals surface area contributed by atoms with Gasteiger partial charge in [-0.3, -0.25) is 19.2 Å². The minimum atomic E-state index is -0.426. The smallest absolute Gasteiger partial charge is 0.253 e.